The molecule has 0 aromatic carbocycles. The van der Waals surface area contributed by atoms with Gasteiger partial charge in [0.25, 0.3) is 0 Å². The number of aliphatic hydroxyl groups excluding tert-OH is 2. The molecule has 10 heteroatoms. The Morgan fingerprint density at radius 3 is 2.96 bits per heavy atom. The predicted octanol–water partition coefficient (Wildman–Crippen LogP) is -0.0148. The van der Waals surface area contributed by atoms with E-state index in [4.69, 9.17) is 10.5 Å². The molecule has 1 aliphatic rings. The molecule has 3 rings (SSSR count). The number of anilines is 2. The molecule has 9 nitrogen and oxygen atoms in total. The van der Waals surface area contributed by atoms with E-state index in [0.29, 0.717) is 17.9 Å². The van der Waals surface area contributed by atoms with E-state index in [1.165, 1.54) is 17.8 Å². The maximum atomic E-state index is 15.0. The van der Waals surface area contributed by atoms with E-state index in [-0.39, 0.29) is 11.6 Å². The zero-order valence-corrected chi connectivity index (χ0v) is 13.1. The van der Waals surface area contributed by atoms with Gasteiger partial charge >= 0.3 is 0 Å². The number of fused-ring (bicyclic) bond motifs is 1. The minimum absolute atomic E-state index is 0.0198. The Labute approximate surface area is 137 Å². The van der Waals surface area contributed by atoms with Crippen molar-refractivity contribution in [2.75, 3.05) is 24.2 Å². The van der Waals surface area contributed by atoms with Gasteiger partial charge in [0.1, 0.15) is 12.2 Å². The first-order valence-corrected chi connectivity index (χ1v) is 7.38. The SMILES string of the molecule is C=CCNc1nc(N)nc2c1ncn2[C@@H]1O[C@H](CO)[C@@H](O)[C@@]1(C)F. The maximum Gasteiger partial charge on any atom is 0.224 e. The second-order valence-electron chi connectivity index (χ2n) is 5.73. The Morgan fingerprint density at radius 2 is 2.33 bits per heavy atom. The molecule has 0 aliphatic carbocycles. The van der Waals surface area contributed by atoms with Crippen LogP contribution >= 0.6 is 0 Å². The van der Waals surface area contributed by atoms with E-state index >= 15 is 0 Å². The number of hydrogen-bond acceptors (Lipinski definition) is 8. The first-order chi connectivity index (χ1) is 11.4. The lowest BCUT2D eigenvalue weighted by Gasteiger charge is -2.24. The van der Waals surface area contributed by atoms with Crippen LogP contribution in [-0.2, 0) is 4.74 Å². The smallest absolute Gasteiger partial charge is 0.224 e. The molecule has 0 radical (unpaired) electrons. The minimum atomic E-state index is -2.14. The zero-order valence-electron chi connectivity index (χ0n) is 13.1. The Bertz CT molecular complexity index is 764. The first kappa shape index (κ1) is 16.6. The van der Waals surface area contributed by atoms with Crippen LogP contribution in [-0.4, -0.2) is 60.8 Å². The number of ether oxygens (including phenoxy) is 1. The highest BCUT2D eigenvalue weighted by Crippen LogP contribution is 2.42. The average molecular weight is 338 g/mol. The number of hydrogen-bond donors (Lipinski definition) is 4. The van der Waals surface area contributed by atoms with E-state index in [0.717, 1.165) is 0 Å². The van der Waals surface area contributed by atoms with Crippen molar-refractivity contribution in [3.63, 3.8) is 0 Å². The third-order valence-electron chi connectivity index (χ3n) is 4.00. The van der Waals surface area contributed by atoms with E-state index in [9.17, 15) is 14.6 Å². The van der Waals surface area contributed by atoms with Gasteiger partial charge in [-0.15, -0.1) is 6.58 Å². The molecule has 1 aliphatic heterocycles. The number of nitrogens with two attached hydrogens (primary N) is 1. The molecule has 0 saturated carbocycles. The van der Waals surface area contributed by atoms with Crippen molar-refractivity contribution < 1.29 is 19.3 Å². The molecule has 130 valence electrons. The summed E-state index contributed by atoms with van der Waals surface area (Å²) in [4.78, 5) is 12.4. The molecule has 4 atom stereocenters. The van der Waals surface area contributed by atoms with Crippen LogP contribution in [0.15, 0.2) is 19.0 Å². The van der Waals surface area contributed by atoms with Gasteiger partial charge in [-0.25, -0.2) is 9.37 Å². The third kappa shape index (κ3) is 2.48. The van der Waals surface area contributed by atoms with Gasteiger partial charge in [-0.3, -0.25) is 4.57 Å². The van der Waals surface area contributed by atoms with Gasteiger partial charge in [0, 0.05) is 6.54 Å². The van der Waals surface area contributed by atoms with Crippen LogP contribution in [0.25, 0.3) is 11.2 Å². The van der Waals surface area contributed by atoms with Gasteiger partial charge in [-0.1, -0.05) is 6.08 Å². The van der Waals surface area contributed by atoms with Gasteiger partial charge < -0.3 is 26.0 Å². The standard InChI is InChI=1S/C14H19FN6O3/c1-3-4-17-10-8-11(20-13(16)19-10)21(6-18-8)12-14(2,15)9(23)7(5-22)24-12/h3,6-7,9,12,22-23H,1,4-5H2,2H3,(H3,16,17,19,20)/t7-,9-,12-,14-/m1/s1. The molecule has 0 spiro atoms. The molecule has 2 aromatic heterocycles. The summed E-state index contributed by atoms with van der Waals surface area (Å²) in [7, 11) is 0. The Kier molecular flexibility index (Phi) is 4.11. The minimum Gasteiger partial charge on any atom is -0.394 e. The van der Waals surface area contributed by atoms with E-state index in [2.05, 4.69) is 26.8 Å². The van der Waals surface area contributed by atoms with Crippen molar-refractivity contribution in [3.05, 3.63) is 19.0 Å². The third-order valence-corrected chi connectivity index (χ3v) is 4.00. The van der Waals surface area contributed by atoms with E-state index in [1.54, 1.807) is 6.08 Å². The summed E-state index contributed by atoms with van der Waals surface area (Å²) in [6.45, 7) is 4.74. The average Bonchev–Trinajstić information content (AvgIpc) is 3.05. The predicted molar refractivity (Wildman–Crippen MR) is 84.9 cm³/mol. The molecule has 0 bridgehead atoms. The largest absolute Gasteiger partial charge is 0.394 e. The quantitative estimate of drug-likeness (QED) is 0.560. The maximum absolute atomic E-state index is 15.0. The lowest BCUT2D eigenvalue weighted by Crippen LogP contribution is -2.40. The number of aromatic nitrogens is 4. The normalized spacial score (nSPS) is 29.9. The van der Waals surface area contributed by atoms with Gasteiger partial charge in [0.2, 0.25) is 5.95 Å². The summed E-state index contributed by atoms with van der Waals surface area (Å²) in [5.74, 6) is 0.364. The number of nitrogen functional groups attached to an aromatic ring is 1. The summed E-state index contributed by atoms with van der Waals surface area (Å²) in [5, 5.41) is 22.2. The fourth-order valence-electron chi connectivity index (χ4n) is 2.76. The van der Waals surface area contributed by atoms with Crippen LogP contribution in [0.4, 0.5) is 16.2 Å². The summed E-state index contributed by atoms with van der Waals surface area (Å²) >= 11 is 0. The highest BCUT2D eigenvalue weighted by atomic mass is 19.1. The van der Waals surface area contributed by atoms with E-state index < -0.39 is 30.7 Å². The molecule has 0 amide bonds. The highest BCUT2D eigenvalue weighted by Gasteiger charge is 2.55. The monoisotopic (exact) mass is 338 g/mol. The van der Waals surface area contributed by atoms with Crippen LogP contribution in [0.1, 0.15) is 13.2 Å². The Morgan fingerprint density at radius 1 is 1.58 bits per heavy atom. The van der Waals surface area contributed by atoms with Crippen molar-refractivity contribution in [1.82, 2.24) is 19.5 Å². The number of rotatable bonds is 5. The fraction of sp³-hybridized carbons (Fsp3) is 0.500. The zero-order chi connectivity index (χ0) is 17.5. The second-order valence-corrected chi connectivity index (χ2v) is 5.73. The second kappa shape index (κ2) is 5.96. The lowest BCUT2D eigenvalue weighted by molar-refractivity contribution is -0.0566. The summed E-state index contributed by atoms with van der Waals surface area (Å²) < 4.78 is 21.8. The number of halogens is 1. The van der Waals surface area contributed by atoms with Crippen molar-refractivity contribution in [2.45, 2.75) is 31.0 Å². The molecule has 1 fully saturated rings. The van der Waals surface area contributed by atoms with Crippen LogP contribution < -0.4 is 11.1 Å². The molecule has 24 heavy (non-hydrogen) atoms. The molecule has 0 unspecified atom stereocenters. The van der Waals surface area contributed by atoms with Crippen LogP contribution in [0, 0.1) is 0 Å². The molecular formula is C14H19FN6O3. The van der Waals surface area contributed by atoms with Gasteiger partial charge in [0.15, 0.2) is 28.9 Å². The van der Waals surface area contributed by atoms with Crippen LogP contribution in [0.3, 0.4) is 0 Å². The lowest BCUT2D eigenvalue weighted by atomic mass is 9.98. The van der Waals surface area contributed by atoms with Crippen molar-refractivity contribution in [2.24, 2.45) is 0 Å². The highest BCUT2D eigenvalue weighted by molar-refractivity contribution is 5.84. The molecule has 3 heterocycles. The van der Waals surface area contributed by atoms with Gasteiger partial charge in [0.05, 0.1) is 12.9 Å². The number of nitrogens with zero attached hydrogens (tertiary/aromatic N) is 4. The van der Waals surface area contributed by atoms with Gasteiger partial charge in [-0.05, 0) is 6.92 Å². The van der Waals surface area contributed by atoms with Crippen LogP contribution in [0.2, 0.25) is 0 Å². The van der Waals surface area contributed by atoms with Crippen molar-refractivity contribution in [3.8, 4) is 0 Å². The molecule has 1 saturated heterocycles. The van der Waals surface area contributed by atoms with Crippen molar-refractivity contribution in [1.29, 1.82) is 0 Å². The topological polar surface area (TPSA) is 131 Å². The summed E-state index contributed by atoms with van der Waals surface area (Å²) in [5.41, 5.74) is 4.21. The number of aliphatic hydroxyl groups is 2. The van der Waals surface area contributed by atoms with Gasteiger partial charge in [-0.2, -0.15) is 9.97 Å². The molecular weight excluding hydrogens is 319 g/mol. The summed E-state index contributed by atoms with van der Waals surface area (Å²) in [6, 6.07) is 0. The summed E-state index contributed by atoms with van der Waals surface area (Å²) in [6.07, 6.45) is -0.756. The Balaban J connectivity index is 2.08. The first-order valence-electron chi connectivity index (χ1n) is 7.38. The van der Waals surface area contributed by atoms with E-state index in [1.807, 2.05) is 0 Å². The number of alkyl halides is 1. The fourth-order valence-corrected chi connectivity index (χ4v) is 2.76. The van der Waals surface area contributed by atoms with Crippen LogP contribution in [0.5, 0.6) is 0 Å². The molecule has 2 aromatic rings. The Hall–Kier alpha value is -2.30. The number of imidazole rings is 1. The van der Waals surface area contributed by atoms with Crippen molar-refractivity contribution >= 4 is 22.9 Å². The molecule has 5 N–H and O–H groups in total. The number of nitrogens with one attached hydrogen (secondary N) is 1.